The molecule has 2 rings (SSSR count). The van der Waals surface area contributed by atoms with Gasteiger partial charge in [-0.25, -0.2) is 4.39 Å². The van der Waals surface area contributed by atoms with Gasteiger partial charge in [0.25, 0.3) is 0 Å². The molecule has 1 unspecified atom stereocenters. The van der Waals surface area contributed by atoms with Crippen LogP contribution in [0.2, 0.25) is 5.02 Å². The van der Waals surface area contributed by atoms with E-state index in [4.69, 9.17) is 11.6 Å². The molecule has 2 aromatic rings. The minimum absolute atomic E-state index is 0.109. The Morgan fingerprint density at radius 1 is 1.25 bits per heavy atom. The normalized spacial score (nSPS) is 12.4. The van der Waals surface area contributed by atoms with E-state index in [1.54, 1.807) is 17.8 Å². The van der Waals surface area contributed by atoms with Crippen LogP contribution in [0.1, 0.15) is 11.1 Å². The fraction of sp³-hybridized carbons (Fsp3) is 0.250. The van der Waals surface area contributed by atoms with Crippen molar-refractivity contribution in [2.24, 2.45) is 0 Å². The van der Waals surface area contributed by atoms with E-state index in [2.05, 4.69) is 6.07 Å². The van der Waals surface area contributed by atoms with Crippen LogP contribution in [-0.2, 0) is 6.42 Å². The van der Waals surface area contributed by atoms with Gasteiger partial charge in [-0.3, -0.25) is 0 Å². The average Bonchev–Trinajstić information content (AvgIpc) is 2.41. The van der Waals surface area contributed by atoms with Gasteiger partial charge in [-0.2, -0.15) is 0 Å². The maximum absolute atomic E-state index is 13.3. The second-order valence-electron chi connectivity index (χ2n) is 4.73. The summed E-state index contributed by atoms with van der Waals surface area (Å²) in [6, 6.07) is 12.8. The van der Waals surface area contributed by atoms with Crippen molar-refractivity contribution in [1.82, 2.24) is 0 Å². The van der Waals surface area contributed by atoms with E-state index in [9.17, 15) is 9.50 Å². The van der Waals surface area contributed by atoms with E-state index in [1.165, 1.54) is 17.7 Å². The molecule has 0 aliphatic heterocycles. The Morgan fingerprint density at radius 3 is 2.75 bits per heavy atom. The molecule has 0 saturated carbocycles. The van der Waals surface area contributed by atoms with Crippen LogP contribution in [0.15, 0.2) is 47.4 Å². The fourth-order valence-corrected chi connectivity index (χ4v) is 2.96. The molecule has 0 saturated heterocycles. The van der Waals surface area contributed by atoms with Gasteiger partial charge in [-0.1, -0.05) is 35.4 Å². The summed E-state index contributed by atoms with van der Waals surface area (Å²) in [6.45, 7) is 2.04. The summed E-state index contributed by atoms with van der Waals surface area (Å²) < 4.78 is 13.3. The van der Waals surface area contributed by atoms with Crippen molar-refractivity contribution >= 4 is 23.4 Å². The maximum atomic E-state index is 13.3. The summed E-state index contributed by atoms with van der Waals surface area (Å²) in [5, 5.41) is 10.1. The highest BCUT2D eigenvalue weighted by Crippen LogP contribution is 2.22. The van der Waals surface area contributed by atoms with Crippen molar-refractivity contribution in [3.8, 4) is 0 Å². The lowest BCUT2D eigenvalue weighted by Gasteiger charge is -2.11. The van der Waals surface area contributed by atoms with Crippen LogP contribution in [0.5, 0.6) is 0 Å². The molecule has 0 heterocycles. The van der Waals surface area contributed by atoms with Gasteiger partial charge < -0.3 is 5.11 Å². The number of hydrogen-bond donors (Lipinski definition) is 1. The molecule has 0 aliphatic carbocycles. The molecule has 1 nitrogen and oxygen atoms in total. The topological polar surface area (TPSA) is 20.2 Å². The lowest BCUT2D eigenvalue weighted by Crippen LogP contribution is -2.13. The lowest BCUT2D eigenvalue weighted by molar-refractivity contribution is 0.200. The van der Waals surface area contributed by atoms with E-state index in [-0.39, 0.29) is 5.02 Å². The minimum Gasteiger partial charge on any atom is -0.392 e. The Morgan fingerprint density at radius 2 is 2.05 bits per heavy atom. The van der Waals surface area contributed by atoms with Crippen LogP contribution in [0, 0.1) is 12.7 Å². The van der Waals surface area contributed by atoms with E-state index >= 15 is 0 Å². The molecule has 20 heavy (non-hydrogen) atoms. The molecule has 106 valence electrons. The Labute approximate surface area is 127 Å². The van der Waals surface area contributed by atoms with Crippen molar-refractivity contribution in [2.45, 2.75) is 24.3 Å². The number of thioether (sulfide) groups is 1. The highest BCUT2D eigenvalue weighted by atomic mass is 35.5. The number of benzene rings is 2. The van der Waals surface area contributed by atoms with E-state index in [0.29, 0.717) is 12.2 Å². The zero-order valence-electron chi connectivity index (χ0n) is 11.1. The van der Waals surface area contributed by atoms with Gasteiger partial charge in [0.2, 0.25) is 0 Å². The molecular formula is C16H16ClFOS. The summed E-state index contributed by atoms with van der Waals surface area (Å²) in [7, 11) is 0. The largest absolute Gasteiger partial charge is 0.392 e. The summed E-state index contributed by atoms with van der Waals surface area (Å²) >= 11 is 7.23. The Bertz CT molecular complexity index is 588. The molecule has 4 heteroatoms. The molecular weight excluding hydrogens is 295 g/mol. The number of aryl methyl sites for hydroxylation is 1. The third kappa shape index (κ3) is 4.51. The van der Waals surface area contributed by atoms with Crippen molar-refractivity contribution in [3.05, 3.63) is 64.4 Å². The smallest absolute Gasteiger partial charge is 0.142 e. The monoisotopic (exact) mass is 310 g/mol. The van der Waals surface area contributed by atoms with Gasteiger partial charge in [0.15, 0.2) is 0 Å². The number of rotatable bonds is 5. The maximum Gasteiger partial charge on any atom is 0.142 e. The molecule has 1 atom stereocenters. The van der Waals surface area contributed by atoms with Gasteiger partial charge in [-0.15, -0.1) is 11.8 Å². The Hall–Kier alpha value is -1.03. The molecule has 0 aliphatic rings. The summed E-state index contributed by atoms with van der Waals surface area (Å²) in [5.41, 5.74) is 1.95. The van der Waals surface area contributed by atoms with E-state index in [0.717, 1.165) is 10.5 Å². The summed E-state index contributed by atoms with van der Waals surface area (Å²) in [4.78, 5) is 1.13. The summed E-state index contributed by atoms with van der Waals surface area (Å²) in [6.07, 6.45) is -0.0894. The van der Waals surface area contributed by atoms with Gasteiger partial charge in [-0.05, 0) is 43.2 Å². The zero-order valence-corrected chi connectivity index (χ0v) is 12.7. The molecule has 0 radical (unpaired) electrons. The highest BCUT2D eigenvalue weighted by Gasteiger charge is 2.09. The second kappa shape index (κ2) is 7.11. The zero-order chi connectivity index (χ0) is 14.5. The predicted octanol–water partition coefficient (Wildman–Crippen LogP) is 4.48. The third-order valence-electron chi connectivity index (χ3n) is 2.89. The standard InChI is InChI=1S/C16H16ClFOS/c1-11-3-2-4-14(7-11)20-10-13(19)8-12-5-6-15(17)16(18)9-12/h2-7,9,13,19H,8,10H2,1H3. The van der Waals surface area contributed by atoms with Crippen molar-refractivity contribution in [1.29, 1.82) is 0 Å². The molecule has 0 fully saturated rings. The van der Waals surface area contributed by atoms with E-state index in [1.807, 2.05) is 25.1 Å². The van der Waals surface area contributed by atoms with Gasteiger partial charge in [0.1, 0.15) is 5.82 Å². The van der Waals surface area contributed by atoms with Crippen LogP contribution < -0.4 is 0 Å². The average molecular weight is 311 g/mol. The van der Waals surface area contributed by atoms with E-state index < -0.39 is 11.9 Å². The first-order valence-electron chi connectivity index (χ1n) is 6.36. The Balaban J connectivity index is 1.89. The number of aliphatic hydroxyl groups excluding tert-OH is 1. The quantitative estimate of drug-likeness (QED) is 0.822. The second-order valence-corrected chi connectivity index (χ2v) is 6.23. The van der Waals surface area contributed by atoms with Crippen LogP contribution in [0.4, 0.5) is 4.39 Å². The first kappa shape index (κ1) is 15.4. The SMILES string of the molecule is Cc1cccc(SCC(O)Cc2ccc(Cl)c(F)c2)c1. The van der Waals surface area contributed by atoms with Crippen LogP contribution in [0.3, 0.4) is 0 Å². The first-order valence-corrected chi connectivity index (χ1v) is 7.72. The highest BCUT2D eigenvalue weighted by molar-refractivity contribution is 7.99. The van der Waals surface area contributed by atoms with Gasteiger partial charge in [0, 0.05) is 10.6 Å². The number of halogens is 2. The predicted molar refractivity (Wildman–Crippen MR) is 83.0 cm³/mol. The summed E-state index contributed by atoms with van der Waals surface area (Å²) in [5.74, 6) is 0.135. The van der Waals surface area contributed by atoms with Crippen LogP contribution >= 0.6 is 23.4 Å². The third-order valence-corrected chi connectivity index (χ3v) is 4.33. The molecule has 0 spiro atoms. The first-order chi connectivity index (χ1) is 9.54. The fourth-order valence-electron chi connectivity index (χ4n) is 1.90. The van der Waals surface area contributed by atoms with Crippen molar-refractivity contribution in [3.63, 3.8) is 0 Å². The molecule has 0 bridgehead atoms. The van der Waals surface area contributed by atoms with Gasteiger partial charge in [0.05, 0.1) is 11.1 Å². The molecule has 1 N–H and O–H groups in total. The molecule has 2 aromatic carbocycles. The minimum atomic E-state index is -0.513. The number of aliphatic hydroxyl groups is 1. The van der Waals surface area contributed by atoms with Crippen LogP contribution in [-0.4, -0.2) is 17.0 Å². The molecule has 0 aromatic heterocycles. The van der Waals surface area contributed by atoms with Gasteiger partial charge >= 0.3 is 0 Å². The molecule has 0 amide bonds. The number of hydrogen-bond acceptors (Lipinski definition) is 2. The lowest BCUT2D eigenvalue weighted by atomic mass is 10.1. The van der Waals surface area contributed by atoms with Crippen LogP contribution in [0.25, 0.3) is 0 Å². The van der Waals surface area contributed by atoms with Crippen molar-refractivity contribution in [2.75, 3.05) is 5.75 Å². The van der Waals surface area contributed by atoms with Crippen molar-refractivity contribution < 1.29 is 9.50 Å². The Kier molecular flexibility index (Phi) is 5.46.